The predicted octanol–water partition coefficient (Wildman–Crippen LogP) is 3.58. The Morgan fingerprint density at radius 1 is 0.553 bits per heavy atom. The number of aromatic nitrogens is 2. The molecule has 0 atom stereocenters. The van der Waals surface area contributed by atoms with Gasteiger partial charge in [-0.3, -0.25) is 39.6 Å². The molecule has 0 aliphatic heterocycles. The maximum atomic E-state index is 12.1. The van der Waals surface area contributed by atoms with Gasteiger partial charge in [0.25, 0.3) is 31.4 Å². The highest BCUT2D eigenvalue weighted by atomic mass is 32.2. The highest BCUT2D eigenvalue weighted by Gasteiger charge is 2.26. The molecule has 0 bridgehead atoms. The third-order valence-corrected chi connectivity index (χ3v) is 7.43. The minimum absolute atomic E-state index is 0.285. The van der Waals surface area contributed by atoms with Crippen molar-refractivity contribution in [1.82, 2.24) is 9.97 Å². The van der Waals surface area contributed by atoms with Gasteiger partial charge in [0.05, 0.1) is 21.2 Å². The van der Waals surface area contributed by atoms with Crippen LogP contribution in [0.5, 0.6) is 0 Å². The summed E-state index contributed by atoms with van der Waals surface area (Å²) in [6, 6.07) is 16.1. The summed E-state index contributed by atoms with van der Waals surface area (Å²) >= 11 is 0. The van der Waals surface area contributed by atoms with Crippen molar-refractivity contribution in [1.29, 1.82) is 0 Å². The number of pyridine rings is 2. The van der Waals surface area contributed by atoms with Crippen LogP contribution in [0.2, 0.25) is 0 Å². The van der Waals surface area contributed by atoms with E-state index in [0.717, 1.165) is 12.1 Å². The molecule has 16 heteroatoms. The van der Waals surface area contributed by atoms with Crippen LogP contribution in [0, 0.1) is 20.2 Å². The molecule has 2 heterocycles. The molecule has 0 aliphatic rings. The van der Waals surface area contributed by atoms with Crippen LogP contribution in [-0.4, -0.2) is 36.7 Å². The van der Waals surface area contributed by atoms with Gasteiger partial charge < -0.3 is 0 Å². The van der Waals surface area contributed by atoms with Crippen LogP contribution >= 0.6 is 0 Å². The van der Waals surface area contributed by atoms with Crippen molar-refractivity contribution in [3.8, 4) is 0 Å². The molecule has 0 saturated carbocycles. The Bertz CT molecular complexity index is 1530. The molecule has 2 aromatic heterocycles. The summed E-state index contributed by atoms with van der Waals surface area (Å²) in [6.07, 6.45) is 5.66. The average Bonchev–Trinajstić information content (AvgIpc) is 2.90. The lowest BCUT2D eigenvalue weighted by Gasteiger charge is -2.07. The zero-order valence-electron chi connectivity index (χ0n) is 19.1. The lowest BCUT2D eigenvalue weighted by molar-refractivity contribution is -0.388. The Hall–Kier alpha value is -4.96. The van der Waals surface area contributed by atoms with E-state index in [1.54, 1.807) is 0 Å². The summed E-state index contributed by atoms with van der Waals surface area (Å²) < 4.78 is 52.9. The van der Waals surface area contributed by atoms with Gasteiger partial charge in [-0.15, -0.1) is 0 Å². The number of para-hydroxylation sites is 2. The zero-order chi connectivity index (χ0) is 27.8. The van der Waals surface area contributed by atoms with Gasteiger partial charge in [0, 0.05) is 36.9 Å². The maximum Gasteiger partial charge on any atom is 0.289 e. The number of nitrogens with one attached hydrogen (secondary N) is 2. The summed E-state index contributed by atoms with van der Waals surface area (Å²) in [7, 11) is -8.02. The van der Waals surface area contributed by atoms with Crippen molar-refractivity contribution >= 4 is 42.8 Å². The molecular formula is C22H18N6O8S2. The Morgan fingerprint density at radius 3 is 1.18 bits per heavy atom. The number of hydrogen-bond donors (Lipinski definition) is 2. The molecule has 4 aromatic rings. The molecule has 0 fully saturated rings. The lowest BCUT2D eigenvalue weighted by Crippen LogP contribution is -2.14. The summed E-state index contributed by atoms with van der Waals surface area (Å²) in [5.41, 5.74) is -0.366. The second-order valence-corrected chi connectivity index (χ2v) is 10.4. The van der Waals surface area contributed by atoms with Gasteiger partial charge in [-0.2, -0.15) is 0 Å². The standard InChI is InChI=1S/2C11H9N3O4S/c2*15-14(16)10-3-1-2-4-11(10)19(17,18)13-9-5-7-12-8-6-9/h2*1-8H,(H,12,13). The van der Waals surface area contributed by atoms with Gasteiger partial charge >= 0.3 is 0 Å². The minimum atomic E-state index is -4.01. The van der Waals surface area contributed by atoms with Crippen molar-refractivity contribution in [2.24, 2.45) is 0 Å². The van der Waals surface area contributed by atoms with E-state index in [0.29, 0.717) is 0 Å². The number of sulfonamides is 2. The first-order valence-corrected chi connectivity index (χ1v) is 13.3. The van der Waals surface area contributed by atoms with Crippen LogP contribution in [0.1, 0.15) is 0 Å². The number of hydrogen-bond acceptors (Lipinski definition) is 10. The second-order valence-electron chi connectivity index (χ2n) is 7.13. The second kappa shape index (κ2) is 11.8. The summed E-state index contributed by atoms with van der Waals surface area (Å²) in [5, 5.41) is 21.6. The van der Waals surface area contributed by atoms with E-state index in [9.17, 15) is 37.1 Å². The summed E-state index contributed by atoms with van der Waals surface area (Å²) in [6.45, 7) is 0. The molecule has 0 unspecified atom stereocenters. The van der Waals surface area contributed by atoms with Gasteiger partial charge in [0.2, 0.25) is 0 Å². The first-order valence-electron chi connectivity index (χ1n) is 10.3. The number of benzene rings is 2. The van der Waals surface area contributed by atoms with Crippen molar-refractivity contribution < 1.29 is 26.7 Å². The fourth-order valence-corrected chi connectivity index (χ4v) is 5.39. The highest BCUT2D eigenvalue weighted by molar-refractivity contribution is 7.93. The molecule has 4 rings (SSSR count). The van der Waals surface area contributed by atoms with Crippen molar-refractivity contribution in [2.45, 2.75) is 9.79 Å². The van der Waals surface area contributed by atoms with Crippen LogP contribution < -0.4 is 9.44 Å². The van der Waals surface area contributed by atoms with Gasteiger partial charge in [-0.25, -0.2) is 16.8 Å². The molecule has 0 saturated heterocycles. The third kappa shape index (κ3) is 7.05. The quantitative estimate of drug-likeness (QED) is 0.237. The van der Waals surface area contributed by atoms with Crippen LogP contribution in [0.15, 0.2) is 107 Å². The van der Waals surface area contributed by atoms with E-state index in [2.05, 4.69) is 19.4 Å². The third-order valence-electron chi connectivity index (χ3n) is 4.57. The molecule has 38 heavy (non-hydrogen) atoms. The molecule has 14 nitrogen and oxygen atoms in total. The normalized spacial score (nSPS) is 10.9. The fourth-order valence-electron chi connectivity index (χ4n) is 2.93. The molecule has 0 aliphatic carbocycles. The van der Waals surface area contributed by atoms with E-state index >= 15 is 0 Å². The largest absolute Gasteiger partial charge is 0.289 e. The van der Waals surface area contributed by atoms with Gasteiger partial charge in [0.15, 0.2) is 9.79 Å². The molecule has 0 amide bonds. The predicted molar refractivity (Wildman–Crippen MR) is 136 cm³/mol. The molecule has 2 aromatic carbocycles. The minimum Gasteiger partial charge on any atom is -0.279 e. The van der Waals surface area contributed by atoms with E-state index < -0.39 is 41.3 Å². The van der Waals surface area contributed by atoms with Crippen molar-refractivity contribution in [3.63, 3.8) is 0 Å². The number of nitro groups is 2. The van der Waals surface area contributed by atoms with E-state index in [-0.39, 0.29) is 21.2 Å². The van der Waals surface area contributed by atoms with E-state index in [4.69, 9.17) is 0 Å². The molecule has 0 radical (unpaired) electrons. The number of rotatable bonds is 8. The Balaban J connectivity index is 0.000000211. The van der Waals surface area contributed by atoms with Crippen molar-refractivity contribution in [3.05, 3.63) is 118 Å². The zero-order valence-corrected chi connectivity index (χ0v) is 20.7. The maximum absolute atomic E-state index is 12.1. The first-order chi connectivity index (χ1) is 18.0. The van der Waals surface area contributed by atoms with Crippen LogP contribution in [0.25, 0.3) is 0 Å². The molecule has 2 N–H and O–H groups in total. The first kappa shape index (κ1) is 27.6. The summed E-state index contributed by atoms with van der Waals surface area (Å²) in [5.74, 6) is 0. The topological polar surface area (TPSA) is 204 Å². The fraction of sp³-hybridized carbons (Fsp3) is 0. The van der Waals surface area contributed by atoms with Gasteiger partial charge in [-0.05, 0) is 36.4 Å². The Morgan fingerprint density at radius 2 is 0.868 bits per heavy atom. The van der Waals surface area contributed by atoms with Crippen LogP contribution in [-0.2, 0) is 20.0 Å². The molecule has 196 valence electrons. The Labute approximate surface area is 216 Å². The molecular weight excluding hydrogens is 540 g/mol. The smallest absolute Gasteiger partial charge is 0.279 e. The van der Waals surface area contributed by atoms with Crippen molar-refractivity contribution in [2.75, 3.05) is 9.44 Å². The van der Waals surface area contributed by atoms with E-state index in [1.165, 1.54) is 85.5 Å². The highest BCUT2D eigenvalue weighted by Crippen LogP contribution is 2.26. The SMILES string of the molecule is O=[N+]([O-])c1ccccc1S(=O)(=O)Nc1ccncc1.O=[N+]([O-])c1ccccc1S(=O)(=O)Nc1ccncc1. The monoisotopic (exact) mass is 558 g/mol. The number of anilines is 2. The van der Waals surface area contributed by atoms with Crippen LogP contribution in [0.3, 0.4) is 0 Å². The van der Waals surface area contributed by atoms with Crippen LogP contribution in [0.4, 0.5) is 22.7 Å². The number of nitrogens with zero attached hydrogens (tertiary/aromatic N) is 4. The van der Waals surface area contributed by atoms with Gasteiger partial charge in [-0.1, -0.05) is 24.3 Å². The molecule has 0 spiro atoms. The number of nitro benzene ring substituents is 2. The van der Waals surface area contributed by atoms with E-state index in [1.807, 2.05) is 0 Å². The average molecular weight is 559 g/mol. The Kier molecular flexibility index (Phi) is 8.61. The lowest BCUT2D eigenvalue weighted by atomic mass is 10.3. The summed E-state index contributed by atoms with van der Waals surface area (Å²) in [4.78, 5) is 26.9. The van der Waals surface area contributed by atoms with Gasteiger partial charge in [0.1, 0.15) is 0 Å².